The van der Waals surface area contributed by atoms with Crippen molar-refractivity contribution in [3.63, 3.8) is 0 Å². The number of rotatable bonds is 3. The molecule has 2 heterocycles. The Bertz CT molecular complexity index is 926. The van der Waals surface area contributed by atoms with Crippen molar-refractivity contribution in [1.82, 2.24) is 0 Å². The van der Waals surface area contributed by atoms with E-state index >= 15 is 0 Å². The average molecular weight is 413 g/mol. The second-order valence-electron chi connectivity index (χ2n) is 6.40. The fraction of sp³-hybridized carbons (Fsp3) is 0.263. The molecule has 2 aromatic carbocycles. The molecule has 2 atom stereocenters. The van der Waals surface area contributed by atoms with E-state index in [1.54, 1.807) is 17.1 Å². The van der Waals surface area contributed by atoms with Gasteiger partial charge in [-0.1, -0.05) is 40.2 Å². The molecule has 0 radical (unpaired) electrons. The molecule has 1 fully saturated rings. The van der Waals surface area contributed by atoms with Crippen molar-refractivity contribution in [3.05, 3.63) is 58.1 Å². The third-order valence-corrected chi connectivity index (χ3v) is 5.68. The first-order valence-electron chi connectivity index (χ1n) is 8.44. The standard InChI is InChI=1S/C19H17BrN4O2/c1-3-12-4-6-13(7-5-12)23-18(25)16-17(19(23)26)24(22-21-16)14-8-9-15(20)11(2)10-14/h4-10,16-17H,3H2,1-2H3/t16-,17-/m1/s1. The summed E-state index contributed by atoms with van der Waals surface area (Å²) in [4.78, 5) is 27.0. The Labute approximate surface area is 159 Å². The Morgan fingerprint density at radius 3 is 2.38 bits per heavy atom. The van der Waals surface area contributed by atoms with Gasteiger partial charge < -0.3 is 0 Å². The number of hydrogen-bond donors (Lipinski definition) is 0. The number of anilines is 2. The van der Waals surface area contributed by atoms with Crippen LogP contribution < -0.4 is 9.91 Å². The zero-order valence-corrected chi connectivity index (χ0v) is 16.0. The van der Waals surface area contributed by atoms with Crippen molar-refractivity contribution in [2.75, 3.05) is 9.91 Å². The highest BCUT2D eigenvalue weighted by molar-refractivity contribution is 9.10. The third kappa shape index (κ3) is 2.54. The minimum Gasteiger partial charge on any atom is -0.271 e. The van der Waals surface area contributed by atoms with Crippen LogP contribution in [0.3, 0.4) is 0 Å². The van der Waals surface area contributed by atoms with Gasteiger partial charge in [0.25, 0.3) is 11.8 Å². The average Bonchev–Trinajstić information content (AvgIpc) is 3.18. The topological polar surface area (TPSA) is 65.3 Å². The molecule has 2 aliphatic heterocycles. The van der Waals surface area contributed by atoms with E-state index in [1.165, 1.54) is 4.90 Å². The normalized spacial score (nSPS) is 21.7. The van der Waals surface area contributed by atoms with E-state index < -0.39 is 12.1 Å². The summed E-state index contributed by atoms with van der Waals surface area (Å²) in [5, 5.41) is 9.71. The molecule has 2 amide bonds. The molecule has 0 saturated carbocycles. The first-order chi connectivity index (χ1) is 12.5. The molecule has 2 aliphatic rings. The van der Waals surface area contributed by atoms with Gasteiger partial charge in [-0.3, -0.25) is 9.59 Å². The number of hydrogen-bond acceptors (Lipinski definition) is 5. The molecule has 132 valence electrons. The number of amides is 2. The monoisotopic (exact) mass is 412 g/mol. The number of halogens is 1. The van der Waals surface area contributed by atoms with Crippen molar-refractivity contribution < 1.29 is 9.59 Å². The van der Waals surface area contributed by atoms with Crippen molar-refractivity contribution in [2.24, 2.45) is 10.3 Å². The molecule has 6 nitrogen and oxygen atoms in total. The van der Waals surface area contributed by atoms with Crippen molar-refractivity contribution in [2.45, 2.75) is 32.4 Å². The molecule has 26 heavy (non-hydrogen) atoms. The second kappa shape index (κ2) is 6.32. The van der Waals surface area contributed by atoms with Crippen LogP contribution in [0.15, 0.2) is 57.3 Å². The van der Waals surface area contributed by atoms with Crippen LogP contribution >= 0.6 is 15.9 Å². The largest absolute Gasteiger partial charge is 0.271 e. The van der Waals surface area contributed by atoms with E-state index in [1.807, 2.05) is 37.3 Å². The van der Waals surface area contributed by atoms with Crippen LogP contribution in [0.1, 0.15) is 18.1 Å². The number of aryl methyl sites for hydroxylation is 2. The highest BCUT2D eigenvalue weighted by Gasteiger charge is 2.55. The number of imide groups is 1. The van der Waals surface area contributed by atoms with E-state index in [9.17, 15) is 9.59 Å². The smallest absolute Gasteiger partial charge is 0.263 e. The lowest BCUT2D eigenvalue weighted by Crippen LogP contribution is -2.39. The van der Waals surface area contributed by atoms with Gasteiger partial charge in [0, 0.05) is 4.47 Å². The molecule has 1 saturated heterocycles. The Morgan fingerprint density at radius 1 is 1.04 bits per heavy atom. The Kier molecular flexibility index (Phi) is 4.11. The number of benzene rings is 2. The quantitative estimate of drug-likeness (QED) is 0.719. The summed E-state index contributed by atoms with van der Waals surface area (Å²) >= 11 is 3.47. The maximum absolute atomic E-state index is 13.0. The van der Waals surface area contributed by atoms with Gasteiger partial charge in [0.15, 0.2) is 12.1 Å². The van der Waals surface area contributed by atoms with Crippen LogP contribution in [0, 0.1) is 6.92 Å². The van der Waals surface area contributed by atoms with Crippen LogP contribution in [-0.4, -0.2) is 23.9 Å². The van der Waals surface area contributed by atoms with Crippen molar-refractivity contribution in [3.8, 4) is 0 Å². The maximum Gasteiger partial charge on any atom is 0.263 e. The second-order valence-corrected chi connectivity index (χ2v) is 7.26. The SMILES string of the molecule is CCc1ccc(N2C(=O)[C@@H]3N=NN(c4ccc(Br)c(C)c4)[C@H]3C2=O)cc1. The van der Waals surface area contributed by atoms with Gasteiger partial charge in [-0.25, -0.2) is 9.91 Å². The van der Waals surface area contributed by atoms with Crippen LogP contribution in [0.25, 0.3) is 0 Å². The zero-order valence-electron chi connectivity index (χ0n) is 14.4. The van der Waals surface area contributed by atoms with Gasteiger partial charge in [-0.2, -0.15) is 5.11 Å². The number of carbonyl (C=O) groups is 2. The van der Waals surface area contributed by atoms with E-state index in [0.29, 0.717) is 5.69 Å². The lowest BCUT2D eigenvalue weighted by molar-refractivity contribution is -0.121. The van der Waals surface area contributed by atoms with Crippen LogP contribution in [0.4, 0.5) is 11.4 Å². The number of nitrogens with zero attached hydrogens (tertiary/aromatic N) is 4. The van der Waals surface area contributed by atoms with Gasteiger partial charge in [0.05, 0.1) is 11.4 Å². The summed E-state index contributed by atoms with van der Waals surface area (Å²) in [6.45, 7) is 4.02. The van der Waals surface area contributed by atoms with Crippen molar-refractivity contribution >= 4 is 39.1 Å². The molecule has 4 rings (SSSR count). The summed E-state index contributed by atoms with van der Waals surface area (Å²) in [6, 6.07) is 11.6. The molecular weight excluding hydrogens is 396 g/mol. The van der Waals surface area contributed by atoms with Gasteiger partial charge >= 0.3 is 0 Å². The Balaban J connectivity index is 1.67. The third-order valence-electron chi connectivity index (χ3n) is 4.79. The summed E-state index contributed by atoms with van der Waals surface area (Å²) in [7, 11) is 0. The summed E-state index contributed by atoms with van der Waals surface area (Å²) in [5.74, 6) is -0.626. The van der Waals surface area contributed by atoms with Gasteiger partial charge in [-0.15, -0.1) is 0 Å². The summed E-state index contributed by atoms with van der Waals surface area (Å²) in [5.41, 5.74) is 3.49. The summed E-state index contributed by atoms with van der Waals surface area (Å²) in [6.07, 6.45) is 0.901. The Hall–Kier alpha value is -2.54. The highest BCUT2D eigenvalue weighted by atomic mass is 79.9. The van der Waals surface area contributed by atoms with Gasteiger partial charge in [0.2, 0.25) is 0 Å². The van der Waals surface area contributed by atoms with Crippen LogP contribution in [0.5, 0.6) is 0 Å². The number of fused-ring (bicyclic) bond motifs is 1. The van der Waals surface area contributed by atoms with E-state index in [0.717, 1.165) is 27.7 Å². The number of carbonyl (C=O) groups excluding carboxylic acids is 2. The summed E-state index contributed by atoms with van der Waals surface area (Å²) < 4.78 is 0.973. The fourth-order valence-corrected chi connectivity index (χ4v) is 3.53. The lowest BCUT2D eigenvalue weighted by atomic mass is 10.1. The van der Waals surface area contributed by atoms with E-state index in [2.05, 4.69) is 33.2 Å². The molecule has 2 aromatic rings. The molecule has 0 aromatic heterocycles. The molecule has 0 bridgehead atoms. The zero-order chi connectivity index (χ0) is 18.4. The highest BCUT2D eigenvalue weighted by Crippen LogP contribution is 2.36. The molecular formula is C19H17BrN4O2. The van der Waals surface area contributed by atoms with Crippen LogP contribution in [0.2, 0.25) is 0 Å². The molecule has 0 unspecified atom stereocenters. The van der Waals surface area contributed by atoms with E-state index in [-0.39, 0.29) is 11.8 Å². The Morgan fingerprint density at radius 2 is 1.73 bits per heavy atom. The molecule has 0 N–H and O–H groups in total. The first-order valence-corrected chi connectivity index (χ1v) is 9.23. The van der Waals surface area contributed by atoms with Crippen molar-refractivity contribution in [1.29, 1.82) is 0 Å². The molecule has 7 heteroatoms. The minimum absolute atomic E-state index is 0.296. The first kappa shape index (κ1) is 16.9. The van der Waals surface area contributed by atoms with Gasteiger partial charge in [-0.05, 0) is 54.8 Å². The molecule has 0 spiro atoms. The lowest BCUT2D eigenvalue weighted by Gasteiger charge is -2.21. The predicted molar refractivity (Wildman–Crippen MR) is 102 cm³/mol. The van der Waals surface area contributed by atoms with Gasteiger partial charge in [0.1, 0.15) is 0 Å². The van der Waals surface area contributed by atoms with Crippen LogP contribution in [-0.2, 0) is 16.0 Å². The molecule has 0 aliphatic carbocycles. The minimum atomic E-state index is -0.794. The maximum atomic E-state index is 13.0. The van der Waals surface area contributed by atoms with E-state index in [4.69, 9.17) is 0 Å². The fourth-order valence-electron chi connectivity index (χ4n) is 3.28. The predicted octanol–water partition coefficient (Wildman–Crippen LogP) is 3.82.